The molecule has 0 bridgehead atoms. The second-order valence-corrected chi connectivity index (χ2v) is 8.34. The molecule has 5 rings (SSSR count). The minimum atomic E-state index is -0.321. The van der Waals surface area contributed by atoms with Crippen molar-refractivity contribution in [3.8, 4) is 11.5 Å². The average Bonchev–Trinajstić information content (AvgIpc) is 3.69. The maximum absolute atomic E-state index is 13.4. The van der Waals surface area contributed by atoms with Crippen molar-refractivity contribution in [1.82, 2.24) is 15.3 Å². The first-order chi connectivity index (χ1) is 17.0. The molecule has 178 valence electrons. The van der Waals surface area contributed by atoms with Crippen LogP contribution in [0.15, 0.2) is 60.9 Å². The topological polar surface area (TPSA) is 107 Å². The van der Waals surface area contributed by atoms with Gasteiger partial charge in [0.2, 0.25) is 5.91 Å². The van der Waals surface area contributed by atoms with Gasteiger partial charge in [0.25, 0.3) is 0 Å². The molecule has 1 fully saturated rings. The molecule has 35 heavy (non-hydrogen) atoms. The number of carbonyl (C=O) groups excluding carboxylic acids is 1. The van der Waals surface area contributed by atoms with Gasteiger partial charge < -0.3 is 25.4 Å². The van der Waals surface area contributed by atoms with E-state index in [1.54, 1.807) is 42.5 Å². The summed E-state index contributed by atoms with van der Waals surface area (Å²) in [5.74, 6) is 1.05. The summed E-state index contributed by atoms with van der Waals surface area (Å²) in [6.07, 6.45) is 1.44. The van der Waals surface area contributed by atoms with E-state index >= 15 is 0 Å². The minimum Gasteiger partial charge on any atom is -0.494 e. The Morgan fingerprint density at radius 1 is 1.17 bits per heavy atom. The van der Waals surface area contributed by atoms with Gasteiger partial charge in [-0.15, -0.1) is 0 Å². The van der Waals surface area contributed by atoms with Crippen LogP contribution in [0.2, 0.25) is 5.02 Å². The normalized spacial score (nSPS) is 14.4. The highest BCUT2D eigenvalue weighted by atomic mass is 35.5. The lowest BCUT2D eigenvalue weighted by Gasteiger charge is -2.14. The third-order valence-corrected chi connectivity index (χ3v) is 5.71. The van der Waals surface area contributed by atoms with E-state index in [1.807, 2.05) is 0 Å². The number of nitrogens with one attached hydrogen (secondary N) is 3. The number of methoxy groups -OCH3 is 1. The van der Waals surface area contributed by atoms with E-state index in [4.69, 9.17) is 21.1 Å². The summed E-state index contributed by atoms with van der Waals surface area (Å²) >= 11 is 6.43. The number of amides is 1. The van der Waals surface area contributed by atoms with Crippen molar-refractivity contribution >= 4 is 45.6 Å². The van der Waals surface area contributed by atoms with E-state index in [2.05, 4.69) is 25.9 Å². The molecule has 1 unspecified atom stereocenters. The van der Waals surface area contributed by atoms with Crippen LogP contribution >= 0.6 is 11.6 Å². The molecule has 1 atom stereocenters. The average molecular weight is 494 g/mol. The summed E-state index contributed by atoms with van der Waals surface area (Å²) in [7, 11) is 1.53. The van der Waals surface area contributed by atoms with Crippen molar-refractivity contribution in [2.75, 3.05) is 24.3 Å². The maximum atomic E-state index is 13.4. The van der Waals surface area contributed by atoms with Crippen LogP contribution in [0.25, 0.3) is 10.9 Å². The lowest BCUT2D eigenvalue weighted by Crippen LogP contribution is -2.20. The molecule has 1 aromatic heterocycles. The van der Waals surface area contributed by atoms with Crippen molar-refractivity contribution in [3.63, 3.8) is 0 Å². The maximum Gasteiger partial charge on any atom is 0.242 e. The molecule has 1 amide bonds. The largest absolute Gasteiger partial charge is 0.494 e. The van der Waals surface area contributed by atoms with Crippen molar-refractivity contribution < 1.29 is 18.7 Å². The fourth-order valence-corrected chi connectivity index (χ4v) is 3.77. The molecular formula is C25H21ClFN5O3. The lowest BCUT2D eigenvalue weighted by atomic mass is 10.1. The highest BCUT2D eigenvalue weighted by molar-refractivity contribution is 6.32. The lowest BCUT2D eigenvalue weighted by molar-refractivity contribution is -0.115. The number of nitrogens with zero attached hydrogens (tertiary/aromatic N) is 2. The fourth-order valence-electron chi connectivity index (χ4n) is 3.53. The number of anilines is 3. The van der Waals surface area contributed by atoms with Gasteiger partial charge in [0.05, 0.1) is 29.4 Å². The Labute approximate surface area is 205 Å². The zero-order chi connectivity index (χ0) is 24.4. The first-order valence-electron chi connectivity index (χ1n) is 10.8. The van der Waals surface area contributed by atoms with Crippen molar-refractivity contribution in [1.29, 1.82) is 0 Å². The van der Waals surface area contributed by atoms with E-state index in [9.17, 15) is 9.18 Å². The molecule has 1 aliphatic rings. The number of carbonyl (C=O) groups is 1. The number of rotatable bonds is 8. The summed E-state index contributed by atoms with van der Waals surface area (Å²) in [6, 6.07) is 14.8. The second-order valence-electron chi connectivity index (χ2n) is 7.93. The van der Waals surface area contributed by atoms with Crippen LogP contribution in [0.3, 0.4) is 0 Å². The second kappa shape index (κ2) is 9.73. The van der Waals surface area contributed by atoms with E-state index in [0.29, 0.717) is 56.7 Å². The highest BCUT2D eigenvalue weighted by Crippen LogP contribution is 2.35. The molecule has 2 heterocycles. The van der Waals surface area contributed by atoms with Crippen molar-refractivity contribution in [2.24, 2.45) is 0 Å². The summed E-state index contributed by atoms with van der Waals surface area (Å²) in [6.45, 7) is 0.841. The van der Waals surface area contributed by atoms with E-state index < -0.39 is 0 Å². The summed E-state index contributed by atoms with van der Waals surface area (Å²) < 4.78 is 24.6. The first kappa shape index (κ1) is 22.8. The van der Waals surface area contributed by atoms with Gasteiger partial charge in [0.1, 0.15) is 36.1 Å². The minimum absolute atomic E-state index is 0.130. The van der Waals surface area contributed by atoms with E-state index in [-0.39, 0.29) is 24.4 Å². The number of fused-ring (bicyclic) bond motifs is 1. The van der Waals surface area contributed by atoms with Gasteiger partial charge in [-0.1, -0.05) is 23.7 Å². The molecule has 10 heteroatoms. The SMILES string of the molecule is COc1cc2ncnc(Nc3ccc(OCc4cccc(F)c4)c(Cl)c3)c2cc1NC(=O)C1CN1. The number of ether oxygens (including phenoxy) is 2. The molecule has 1 aliphatic heterocycles. The van der Waals surface area contributed by atoms with Gasteiger partial charge in [-0.3, -0.25) is 4.79 Å². The van der Waals surface area contributed by atoms with Crippen LogP contribution in [0.4, 0.5) is 21.6 Å². The number of hydrogen-bond donors (Lipinski definition) is 3. The molecule has 1 saturated heterocycles. The predicted molar refractivity (Wildman–Crippen MR) is 132 cm³/mol. The molecule has 0 radical (unpaired) electrons. The Balaban J connectivity index is 1.37. The van der Waals surface area contributed by atoms with Crippen molar-refractivity contribution in [2.45, 2.75) is 12.6 Å². The molecule has 0 spiro atoms. The molecule has 4 aromatic rings. The Morgan fingerprint density at radius 3 is 2.77 bits per heavy atom. The van der Waals surface area contributed by atoms with Crippen LogP contribution in [0.1, 0.15) is 5.56 Å². The predicted octanol–water partition coefficient (Wildman–Crippen LogP) is 4.66. The Hall–Kier alpha value is -3.95. The van der Waals surface area contributed by atoms with Gasteiger partial charge in [0.15, 0.2) is 0 Å². The van der Waals surface area contributed by atoms with E-state index in [1.165, 1.54) is 25.6 Å². The van der Waals surface area contributed by atoms with Crippen LogP contribution in [-0.4, -0.2) is 35.6 Å². The van der Waals surface area contributed by atoms with E-state index in [0.717, 1.165) is 0 Å². The number of hydrogen-bond acceptors (Lipinski definition) is 7. The van der Waals surface area contributed by atoms with Gasteiger partial charge >= 0.3 is 0 Å². The third kappa shape index (κ3) is 5.26. The summed E-state index contributed by atoms with van der Waals surface area (Å²) in [4.78, 5) is 20.9. The molecule has 3 N–H and O–H groups in total. The Kier molecular flexibility index (Phi) is 6.35. The van der Waals surface area contributed by atoms with Gasteiger partial charge in [-0.25, -0.2) is 14.4 Å². The molecule has 3 aromatic carbocycles. The highest BCUT2D eigenvalue weighted by Gasteiger charge is 2.29. The van der Waals surface area contributed by atoms with Crippen LogP contribution < -0.4 is 25.4 Å². The number of benzene rings is 3. The zero-order valence-corrected chi connectivity index (χ0v) is 19.4. The Morgan fingerprint density at radius 2 is 2.03 bits per heavy atom. The molecule has 0 aliphatic carbocycles. The summed E-state index contributed by atoms with van der Waals surface area (Å²) in [5.41, 5.74) is 2.54. The molecule has 0 saturated carbocycles. The van der Waals surface area contributed by atoms with Gasteiger partial charge in [-0.2, -0.15) is 0 Å². The summed E-state index contributed by atoms with van der Waals surface area (Å²) in [5, 5.41) is 10.2. The first-order valence-corrected chi connectivity index (χ1v) is 11.2. The Bertz CT molecular complexity index is 1410. The number of halogens is 2. The fraction of sp³-hybridized carbons (Fsp3) is 0.160. The van der Waals surface area contributed by atoms with Crippen LogP contribution in [0, 0.1) is 5.82 Å². The number of aromatic nitrogens is 2. The zero-order valence-electron chi connectivity index (χ0n) is 18.6. The molecular weight excluding hydrogens is 473 g/mol. The standard InChI is InChI=1S/C25H21ClFN5O3/c1-34-23-10-19-17(9-20(23)32-25(33)21-11-28-21)24(30-13-29-19)31-16-5-6-22(18(26)8-16)35-12-14-3-2-4-15(27)7-14/h2-10,13,21,28H,11-12H2,1H3,(H,32,33)(H,29,30,31). The third-order valence-electron chi connectivity index (χ3n) is 5.42. The smallest absolute Gasteiger partial charge is 0.242 e. The monoisotopic (exact) mass is 493 g/mol. The van der Waals surface area contributed by atoms with Gasteiger partial charge in [0, 0.05) is 23.7 Å². The van der Waals surface area contributed by atoms with Crippen LogP contribution in [-0.2, 0) is 11.4 Å². The van der Waals surface area contributed by atoms with Gasteiger partial charge in [-0.05, 0) is 42.0 Å². The van der Waals surface area contributed by atoms with Crippen molar-refractivity contribution in [3.05, 3.63) is 77.3 Å². The quantitative estimate of drug-likeness (QED) is 0.306. The molecule has 8 nitrogen and oxygen atoms in total. The van der Waals surface area contributed by atoms with Crippen LogP contribution in [0.5, 0.6) is 11.5 Å².